The van der Waals surface area contributed by atoms with Gasteiger partial charge in [-0.15, -0.1) is 0 Å². The summed E-state index contributed by atoms with van der Waals surface area (Å²) < 4.78 is 0. The van der Waals surface area contributed by atoms with Gasteiger partial charge in [-0.25, -0.2) is 4.98 Å². The summed E-state index contributed by atoms with van der Waals surface area (Å²) in [6, 6.07) is 0. The van der Waals surface area contributed by atoms with Crippen LogP contribution in [0.25, 0.3) is 0 Å². The van der Waals surface area contributed by atoms with Crippen molar-refractivity contribution in [2.24, 2.45) is 0 Å². The molecule has 2 nitrogen and oxygen atoms in total. The van der Waals surface area contributed by atoms with Gasteiger partial charge in [0.25, 0.3) is 0 Å². The lowest BCUT2D eigenvalue weighted by molar-refractivity contribution is 0.847. The van der Waals surface area contributed by atoms with Gasteiger partial charge in [-0.05, 0) is 30.9 Å². The van der Waals surface area contributed by atoms with Gasteiger partial charge in [0.2, 0.25) is 0 Å². The number of hydrogen-bond donors (Lipinski definition) is 1. The van der Waals surface area contributed by atoms with Crippen LogP contribution in [0.3, 0.4) is 0 Å². The Morgan fingerprint density at radius 2 is 1.86 bits per heavy atom. The summed E-state index contributed by atoms with van der Waals surface area (Å²) >= 11 is 0. The number of rotatable bonds is 4. The van der Waals surface area contributed by atoms with Crippen molar-refractivity contribution in [3.05, 3.63) is 23.0 Å². The first-order chi connectivity index (χ1) is 6.70. The van der Waals surface area contributed by atoms with E-state index < -0.39 is 0 Å². The van der Waals surface area contributed by atoms with Crippen LogP contribution in [0.4, 0.5) is 5.69 Å². The maximum absolute atomic E-state index is 5.85. The van der Waals surface area contributed by atoms with Crippen LogP contribution in [-0.2, 0) is 12.8 Å². The van der Waals surface area contributed by atoms with E-state index in [0.29, 0.717) is 0 Å². The van der Waals surface area contributed by atoms with Crippen LogP contribution >= 0.6 is 0 Å². The predicted molar refractivity (Wildman–Crippen MR) is 60.2 cm³/mol. The van der Waals surface area contributed by atoms with Gasteiger partial charge in [0.15, 0.2) is 0 Å². The van der Waals surface area contributed by atoms with E-state index in [-0.39, 0.29) is 0 Å². The minimum Gasteiger partial charge on any atom is -0.397 e. The third-order valence-corrected chi connectivity index (χ3v) is 2.51. The maximum Gasteiger partial charge on any atom is 0.114 e. The molecule has 2 N–H and O–H groups in total. The Morgan fingerprint density at radius 1 is 1.21 bits per heavy atom. The first-order valence-electron chi connectivity index (χ1n) is 5.36. The molecule has 2 heteroatoms. The highest BCUT2D eigenvalue weighted by Crippen LogP contribution is 2.20. The van der Waals surface area contributed by atoms with Gasteiger partial charge in [-0.1, -0.05) is 26.7 Å². The first-order valence-corrected chi connectivity index (χ1v) is 5.36. The molecule has 77 valence electrons. The molecule has 0 unspecified atom stereocenters. The Kier molecular flexibility index (Phi) is 3.93. The summed E-state index contributed by atoms with van der Waals surface area (Å²) in [5.74, 6) is 0. The fraction of sp³-hybridized carbons (Fsp3) is 0.583. The number of hydrogen-bond acceptors (Lipinski definition) is 2. The second-order valence-corrected chi connectivity index (χ2v) is 3.69. The lowest BCUT2D eigenvalue weighted by atomic mass is 10.00. The van der Waals surface area contributed by atoms with E-state index in [0.717, 1.165) is 37.1 Å². The zero-order valence-corrected chi connectivity index (χ0v) is 9.35. The molecule has 0 aliphatic heterocycles. The lowest BCUT2D eigenvalue weighted by Crippen LogP contribution is -2.04. The van der Waals surface area contributed by atoms with Crippen LogP contribution in [0.2, 0.25) is 0 Å². The van der Waals surface area contributed by atoms with E-state index in [2.05, 4.69) is 32.0 Å². The topological polar surface area (TPSA) is 38.9 Å². The van der Waals surface area contributed by atoms with Crippen molar-refractivity contribution >= 4 is 5.69 Å². The zero-order chi connectivity index (χ0) is 10.6. The number of aryl methyl sites for hydroxylation is 1. The Labute approximate surface area is 86.5 Å². The smallest absolute Gasteiger partial charge is 0.114 e. The van der Waals surface area contributed by atoms with Gasteiger partial charge in [0.05, 0.1) is 5.69 Å². The van der Waals surface area contributed by atoms with Crippen LogP contribution < -0.4 is 5.73 Å². The molecule has 0 aromatic carbocycles. The maximum atomic E-state index is 5.85. The highest BCUT2D eigenvalue weighted by Gasteiger charge is 2.08. The molecular formula is C12H19N2. The van der Waals surface area contributed by atoms with Crippen LogP contribution in [0.5, 0.6) is 0 Å². The highest BCUT2D eigenvalue weighted by atomic mass is 14.7. The standard InChI is InChI=1S/C12H19N2/c1-4-6-10-9(3)12(7-5-2)14-8-11(10)13/h4-7,13H2,1-3H3. The average molecular weight is 191 g/mol. The van der Waals surface area contributed by atoms with Crippen LogP contribution in [0, 0.1) is 13.1 Å². The van der Waals surface area contributed by atoms with E-state index in [1.807, 2.05) is 0 Å². The SMILES string of the molecule is CCCc1n[c]c(N)c(CCC)c1C. The van der Waals surface area contributed by atoms with Crippen molar-refractivity contribution in [3.8, 4) is 0 Å². The van der Waals surface area contributed by atoms with Crippen molar-refractivity contribution in [3.63, 3.8) is 0 Å². The van der Waals surface area contributed by atoms with E-state index in [4.69, 9.17) is 5.73 Å². The highest BCUT2D eigenvalue weighted by molar-refractivity contribution is 5.49. The third kappa shape index (κ3) is 2.25. The van der Waals surface area contributed by atoms with E-state index in [9.17, 15) is 0 Å². The number of pyridine rings is 1. The van der Waals surface area contributed by atoms with Gasteiger partial charge in [-0.3, -0.25) is 0 Å². The first kappa shape index (κ1) is 11.0. The second kappa shape index (κ2) is 4.99. The largest absolute Gasteiger partial charge is 0.397 e. The molecule has 1 radical (unpaired) electrons. The molecule has 0 bridgehead atoms. The summed E-state index contributed by atoms with van der Waals surface area (Å²) in [6.45, 7) is 6.45. The van der Waals surface area contributed by atoms with Gasteiger partial charge in [0, 0.05) is 5.69 Å². The van der Waals surface area contributed by atoms with Crippen molar-refractivity contribution < 1.29 is 0 Å². The molecule has 0 saturated heterocycles. The molecule has 0 saturated carbocycles. The molecule has 0 aliphatic carbocycles. The van der Waals surface area contributed by atoms with Crippen LogP contribution in [0.15, 0.2) is 0 Å². The van der Waals surface area contributed by atoms with Gasteiger partial charge < -0.3 is 5.73 Å². The molecule has 0 fully saturated rings. The number of nitrogens with zero attached hydrogens (tertiary/aromatic N) is 1. The fourth-order valence-electron chi connectivity index (χ4n) is 1.71. The van der Waals surface area contributed by atoms with Crippen LogP contribution in [-0.4, -0.2) is 4.98 Å². The minimum atomic E-state index is 0.726. The quantitative estimate of drug-likeness (QED) is 0.794. The molecule has 0 aliphatic rings. The Bertz CT molecular complexity index is 305. The lowest BCUT2D eigenvalue weighted by Gasteiger charge is -2.11. The molecule has 0 atom stereocenters. The van der Waals surface area contributed by atoms with Gasteiger partial charge >= 0.3 is 0 Å². The Hall–Kier alpha value is -1.05. The molecule has 1 aromatic rings. The number of anilines is 1. The Morgan fingerprint density at radius 3 is 2.43 bits per heavy atom. The summed E-state index contributed by atoms with van der Waals surface area (Å²) in [5, 5.41) is 0. The average Bonchev–Trinajstić information content (AvgIpc) is 2.17. The predicted octanol–water partition coefficient (Wildman–Crippen LogP) is 2.68. The number of nitrogens with two attached hydrogens (primary N) is 1. The van der Waals surface area contributed by atoms with E-state index >= 15 is 0 Å². The Balaban J connectivity index is 3.05. The second-order valence-electron chi connectivity index (χ2n) is 3.69. The molecule has 1 heterocycles. The van der Waals surface area contributed by atoms with Crippen molar-refractivity contribution in [2.75, 3.05) is 5.73 Å². The van der Waals surface area contributed by atoms with E-state index in [1.54, 1.807) is 0 Å². The fourth-order valence-corrected chi connectivity index (χ4v) is 1.71. The van der Waals surface area contributed by atoms with Gasteiger partial charge in [-0.2, -0.15) is 0 Å². The van der Waals surface area contributed by atoms with Crippen molar-refractivity contribution in [2.45, 2.75) is 46.5 Å². The summed E-state index contributed by atoms with van der Waals surface area (Å²) in [6.07, 6.45) is 7.21. The third-order valence-electron chi connectivity index (χ3n) is 2.51. The molecule has 1 aromatic heterocycles. The zero-order valence-electron chi connectivity index (χ0n) is 9.35. The molecule has 1 rings (SSSR count). The number of nitrogen functional groups attached to an aromatic ring is 1. The van der Waals surface area contributed by atoms with Crippen LogP contribution in [0.1, 0.15) is 43.5 Å². The molecule has 14 heavy (non-hydrogen) atoms. The summed E-state index contributed by atoms with van der Waals surface area (Å²) in [5.41, 5.74) is 10.2. The van der Waals surface area contributed by atoms with Crippen molar-refractivity contribution in [1.82, 2.24) is 4.98 Å². The summed E-state index contributed by atoms with van der Waals surface area (Å²) in [7, 11) is 0. The van der Waals surface area contributed by atoms with Gasteiger partial charge in [0.1, 0.15) is 6.20 Å². The number of aromatic nitrogens is 1. The molecular weight excluding hydrogens is 172 g/mol. The van der Waals surface area contributed by atoms with E-state index in [1.165, 1.54) is 11.1 Å². The molecule has 0 spiro atoms. The normalized spacial score (nSPS) is 10.5. The minimum absolute atomic E-state index is 0.726. The molecule has 0 amide bonds. The summed E-state index contributed by atoms with van der Waals surface area (Å²) in [4.78, 5) is 4.26. The van der Waals surface area contributed by atoms with Crippen molar-refractivity contribution in [1.29, 1.82) is 0 Å². The monoisotopic (exact) mass is 191 g/mol.